The zero-order valence-corrected chi connectivity index (χ0v) is 18.6. The predicted octanol–water partition coefficient (Wildman–Crippen LogP) is 2.41. The highest BCUT2D eigenvalue weighted by molar-refractivity contribution is 5.94. The topological polar surface area (TPSA) is 78.0 Å². The summed E-state index contributed by atoms with van der Waals surface area (Å²) in [6.07, 6.45) is 1.72. The minimum Gasteiger partial charge on any atom is -0.489 e. The van der Waals surface area contributed by atoms with Crippen LogP contribution in [0.5, 0.6) is 5.75 Å². The molecule has 0 aliphatic carbocycles. The number of carbonyl (C=O) groups is 1. The molecule has 2 rings (SSSR count). The minimum absolute atomic E-state index is 0.0673. The molecule has 0 saturated heterocycles. The normalized spacial score (nSPS) is 11.2. The number of amides is 1. The van der Waals surface area contributed by atoms with E-state index in [0.717, 1.165) is 23.4 Å². The van der Waals surface area contributed by atoms with Crippen LogP contribution < -0.4 is 20.7 Å². The molecule has 2 aromatic carbocycles. The van der Waals surface area contributed by atoms with Crippen molar-refractivity contribution < 1.29 is 9.53 Å². The van der Waals surface area contributed by atoms with E-state index in [1.165, 1.54) is 0 Å². The highest BCUT2D eigenvalue weighted by Gasteiger charge is 2.07. The van der Waals surface area contributed by atoms with Crippen LogP contribution in [0.25, 0.3) is 0 Å². The van der Waals surface area contributed by atoms with Crippen molar-refractivity contribution in [3.8, 4) is 5.75 Å². The van der Waals surface area contributed by atoms with E-state index < -0.39 is 0 Å². The molecule has 0 spiro atoms. The van der Waals surface area contributed by atoms with Crippen molar-refractivity contribution in [2.45, 2.75) is 13.1 Å². The number of likely N-dealkylation sites (N-methyl/N-ethyl adjacent to an activating group) is 1. The Hall–Kier alpha value is -3.32. The molecule has 0 atom stereocenters. The van der Waals surface area contributed by atoms with Gasteiger partial charge in [0, 0.05) is 44.4 Å². The number of ether oxygens (including phenoxy) is 1. The summed E-state index contributed by atoms with van der Waals surface area (Å²) in [4.78, 5) is 18.6. The molecule has 7 heteroatoms. The second-order valence-corrected chi connectivity index (χ2v) is 7.25. The summed E-state index contributed by atoms with van der Waals surface area (Å²) in [6.45, 7) is 6.68. The number of benzene rings is 2. The van der Waals surface area contributed by atoms with Crippen molar-refractivity contribution in [2.75, 3.05) is 40.8 Å². The van der Waals surface area contributed by atoms with Gasteiger partial charge in [0.1, 0.15) is 12.4 Å². The first kappa shape index (κ1) is 24.0. The summed E-state index contributed by atoms with van der Waals surface area (Å²) in [5.41, 5.74) is 2.68. The lowest BCUT2D eigenvalue weighted by molar-refractivity contribution is 0.0951. The van der Waals surface area contributed by atoms with Crippen LogP contribution in [0, 0.1) is 0 Å². The Kier molecular flexibility index (Phi) is 10.1. The van der Waals surface area contributed by atoms with E-state index >= 15 is 0 Å². The zero-order chi connectivity index (χ0) is 22.5. The lowest BCUT2D eigenvalue weighted by atomic mass is 10.1. The van der Waals surface area contributed by atoms with Gasteiger partial charge in [-0.2, -0.15) is 0 Å². The van der Waals surface area contributed by atoms with Gasteiger partial charge in [-0.15, -0.1) is 0 Å². The standard InChI is InChI=1S/C24H33N5O2/c1-5-15-31-22-12-7-6-10-21(22)18-28-24(25-2)27-17-19-9-8-11-20(16-19)23(30)26-13-14-29(3)4/h5-12,16H,1,13-15,17-18H2,2-4H3,(H,26,30)(H2,25,27,28). The van der Waals surface area contributed by atoms with Crippen LogP contribution >= 0.6 is 0 Å². The van der Waals surface area contributed by atoms with Crippen LogP contribution in [-0.4, -0.2) is 57.6 Å². The largest absolute Gasteiger partial charge is 0.489 e. The summed E-state index contributed by atoms with van der Waals surface area (Å²) in [6, 6.07) is 15.5. The van der Waals surface area contributed by atoms with E-state index in [9.17, 15) is 4.79 Å². The summed E-state index contributed by atoms with van der Waals surface area (Å²) in [5.74, 6) is 1.42. The second-order valence-electron chi connectivity index (χ2n) is 7.25. The third-order valence-electron chi connectivity index (χ3n) is 4.49. The molecule has 0 aliphatic heterocycles. The zero-order valence-electron chi connectivity index (χ0n) is 18.6. The molecule has 0 aromatic heterocycles. The van der Waals surface area contributed by atoms with Gasteiger partial charge in [0.2, 0.25) is 0 Å². The first-order valence-electron chi connectivity index (χ1n) is 10.3. The summed E-state index contributed by atoms with van der Waals surface area (Å²) in [7, 11) is 5.68. The summed E-state index contributed by atoms with van der Waals surface area (Å²) in [5, 5.41) is 9.52. The fourth-order valence-corrected chi connectivity index (χ4v) is 2.84. The summed E-state index contributed by atoms with van der Waals surface area (Å²) >= 11 is 0. The third kappa shape index (κ3) is 8.52. The van der Waals surface area contributed by atoms with Crippen molar-refractivity contribution in [3.05, 3.63) is 77.9 Å². The van der Waals surface area contributed by atoms with Crippen LogP contribution in [0.4, 0.5) is 0 Å². The fourth-order valence-electron chi connectivity index (χ4n) is 2.84. The van der Waals surface area contributed by atoms with E-state index in [4.69, 9.17) is 4.74 Å². The van der Waals surface area contributed by atoms with Crippen molar-refractivity contribution in [2.24, 2.45) is 4.99 Å². The molecule has 2 aromatic rings. The number of guanidine groups is 1. The minimum atomic E-state index is -0.0673. The Morgan fingerprint density at radius 2 is 1.87 bits per heavy atom. The lowest BCUT2D eigenvalue weighted by Gasteiger charge is -2.15. The van der Waals surface area contributed by atoms with Crippen LogP contribution in [0.15, 0.2) is 66.2 Å². The third-order valence-corrected chi connectivity index (χ3v) is 4.49. The molecule has 3 N–H and O–H groups in total. The summed E-state index contributed by atoms with van der Waals surface area (Å²) < 4.78 is 5.70. The number of hydrogen-bond acceptors (Lipinski definition) is 4. The van der Waals surface area contributed by atoms with Crippen molar-refractivity contribution in [1.82, 2.24) is 20.9 Å². The van der Waals surface area contributed by atoms with E-state index in [1.54, 1.807) is 13.1 Å². The Balaban J connectivity index is 1.89. The first-order chi connectivity index (χ1) is 15.0. The molecule has 0 aliphatic rings. The van der Waals surface area contributed by atoms with Gasteiger partial charge in [0.25, 0.3) is 5.91 Å². The first-order valence-corrected chi connectivity index (χ1v) is 10.3. The molecule has 31 heavy (non-hydrogen) atoms. The van der Waals surface area contributed by atoms with E-state index in [1.807, 2.05) is 67.5 Å². The average Bonchev–Trinajstić information content (AvgIpc) is 2.78. The molecular weight excluding hydrogens is 390 g/mol. The Morgan fingerprint density at radius 1 is 1.10 bits per heavy atom. The molecule has 0 bridgehead atoms. The van der Waals surface area contributed by atoms with Crippen LogP contribution in [0.1, 0.15) is 21.5 Å². The van der Waals surface area contributed by atoms with Crippen molar-refractivity contribution >= 4 is 11.9 Å². The maximum Gasteiger partial charge on any atom is 0.251 e. The van der Waals surface area contributed by atoms with E-state index in [-0.39, 0.29) is 5.91 Å². The van der Waals surface area contributed by atoms with Gasteiger partial charge in [-0.25, -0.2) is 0 Å². The number of para-hydroxylation sites is 1. The fraction of sp³-hybridized carbons (Fsp3) is 0.333. The predicted molar refractivity (Wildman–Crippen MR) is 127 cm³/mol. The monoisotopic (exact) mass is 423 g/mol. The van der Waals surface area contributed by atoms with Gasteiger partial charge < -0.3 is 25.6 Å². The van der Waals surface area contributed by atoms with Gasteiger partial charge in [-0.1, -0.05) is 43.0 Å². The molecule has 1 amide bonds. The maximum absolute atomic E-state index is 12.3. The molecule has 0 radical (unpaired) electrons. The molecule has 166 valence electrons. The molecule has 0 heterocycles. The number of hydrogen-bond donors (Lipinski definition) is 3. The van der Waals surface area contributed by atoms with Crippen LogP contribution in [0.2, 0.25) is 0 Å². The highest BCUT2D eigenvalue weighted by atomic mass is 16.5. The van der Waals surface area contributed by atoms with Gasteiger partial charge in [0.05, 0.1) is 0 Å². The number of nitrogens with zero attached hydrogens (tertiary/aromatic N) is 2. The van der Waals surface area contributed by atoms with Gasteiger partial charge in [-0.3, -0.25) is 9.79 Å². The Bertz CT molecular complexity index is 880. The number of nitrogens with one attached hydrogen (secondary N) is 3. The molecule has 0 saturated carbocycles. The number of aliphatic imine (C=N–C) groups is 1. The Labute approximate surface area is 185 Å². The number of carbonyl (C=O) groups excluding carboxylic acids is 1. The number of rotatable bonds is 11. The van der Waals surface area contributed by atoms with E-state index in [2.05, 4.69) is 27.5 Å². The van der Waals surface area contributed by atoms with Crippen LogP contribution in [0.3, 0.4) is 0 Å². The van der Waals surface area contributed by atoms with Crippen molar-refractivity contribution in [1.29, 1.82) is 0 Å². The molecular formula is C24H33N5O2. The quantitative estimate of drug-likeness (QED) is 0.294. The second kappa shape index (κ2) is 13.1. The Morgan fingerprint density at radius 3 is 2.61 bits per heavy atom. The highest BCUT2D eigenvalue weighted by Crippen LogP contribution is 2.17. The average molecular weight is 424 g/mol. The van der Waals surface area contributed by atoms with Crippen molar-refractivity contribution in [3.63, 3.8) is 0 Å². The van der Waals surface area contributed by atoms with Crippen LogP contribution in [-0.2, 0) is 13.1 Å². The SMILES string of the molecule is C=CCOc1ccccc1CNC(=NC)NCc1cccc(C(=O)NCCN(C)C)c1. The lowest BCUT2D eigenvalue weighted by Crippen LogP contribution is -2.36. The smallest absolute Gasteiger partial charge is 0.251 e. The molecule has 0 fully saturated rings. The molecule has 0 unspecified atom stereocenters. The van der Waals surface area contributed by atoms with E-state index in [0.29, 0.717) is 37.8 Å². The molecule has 7 nitrogen and oxygen atoms in total. The maximum atomic E-state index is 12.3. The van der Waals surface area contributed by atoms with Gasteiger partial charge in [-0.05, 0) is 37.9 Å². The van der Waals surface area contributed by atoms with Gasteiger partial charge >= 0.3 is 0 Å². The van der Waals surface area contributed by atoms with Gasteiger partial charge in [0.15, 0.2) is 5.96 Å².